The summed E-state index contributed by atoms with van der Waals surface area (Å²) in [6, 6.07) is 6.43. The smallest absolute Gasteiger partial charge is 0.748 e. The van der Waals surface area contributed by atoms with Crippen molar-refractivity contribution < 1.29 is 56.8 Å². The van der Waals surface area contributed by atoms with Crippen LogP contribution in [0.2, 0.25) is 0 Å². The van der Waals surface area contributed by atoms with E-state index in [4.69, 9.17) is 4.74 Å². The Hall–Kier alpha value is -0.600. The molecule has 0 saturated heterocycles. The summed E-state index contributed by atoms with van der Waals surface area (Å²) in [5.74, 6) is -0.734. The molecule has 0 N–H and O–H groups in total. The molecule has 19 heavy (non-hydrogen) atoms. The first kappa shape index (κ1) is 18.4. The summed E-state index contributed by atoms with van der Waals surface area (Å²) < 4.78 is 41.0. The Morgan fingerprint density at radius 2 is 1.95 bits per heavy atom. The van der Waals surface area contributed by atoms with E-state index >= 15 is 0 Å². The number of benzene rings is 1. The van der Waals surface area contributed by atoms with Gasteiger partial charge in [0.2, 0.25) is 0 Å². The number of hydrogen-bond donors (Lipinski definition) is 0. The van der Waals surface area contributed by atoms with Gasteiger partial charge in [0.25, 0.3) is 0 Å². The summed E-state index contributed by atoms with van der Waals surface area (Å²) in [5, 5.41) is 0. The normalized spacial score (nSPS) is 10.4. The Bertz CT molecular complexity index is 514. The van der Waals surface area contributed by atoms with Crippen LogP contribution in [-0.4, -0.2) is 38.4 Å². The molecule has 8 heteroatoms. The Balaban J connectivity index is 0.00000324. The first-order chi connectivity index (χ1) is 8.44. The standard InChI is InChI=1S/C11H14O6S.Na/c1-16-11(12)9-5-2-3-6-10(9)17-7-4-8-18(13,14)15;/h2-3,5-6H,4,7-8H2,1H3,(H,13,14,15);/q;+1/p-1. The minimum Gasteiger partial charge on any atom is -0.748 e. The molecule has 0 radical (unpaired) electrons. The molecule has 0 aliphatic carbocycles. The average molecular weight is 296 g/mol. The molecule has 1 aromatic rings. The molecule has 1 aromatic carbocycles. The maximum absolute atomic E-state index is 11.4. The minimum absolute atomic E-state index is 0. The van der Waals surface area contributed by atoms with Gasteiger partial charge >= 0.3 is 35.5 Å². The summed E-state index contributed by atoms with van der Waals surface area (Å²) in [6.07, 6.45) is 0.0708. The van der Waals surface area contributed by atoms with Gasteiger partial charge in [-0.1, -0.05) is 12.1 Å². The quantitative estimate of drug-likeness (QED) is 0.256. The van der Waals surface area contributed by atoms with Gasteiger partial charge in [0.15, 0.2) is 0 Å². The van der Waals surface area contributed by atoms with Crippen molar-refractivity contribution in [1.29, 1.82) is 0 Å². The van der Waals surface area contributed by atoms with Gasteiger partial charge in [-0.25, -0.2) is 13.2 Å². The molecule has 0 amide bonds. The molecule has 100 valence electrons. The van der Waals surface area contributed by atoms with Gasteiger partial charge in [-0.3, -0.25) is 0 Å². The van der Waals surface area contributed by atoms with Crippen molar-refractivity contribution in [3.8, 4) is 5.75 Å². The molecule has 0 aromatic heterocycles. The fraction of sp³-hybridized carbons (Fsp3) is 0.364. The second kappa shape index (κ2) is 8.55. The summed E-state index contributed by atoms with van der Waals surface area (Å²) >= 11 is 0. The van der Waals surface area contributed by atoms with Gasteiger partial charge in [-0.2, -0.15) is 0 Å². The van der Waals surface area contributed by atoms with Crippen LogP contribution in [0.4, 0.5) is 0 Å². The predicted molar refractivity (Wildman–Crippen MR) is 62.5 cm³/mol. The van der Waals surface area contributed by atoms with E-state index in [0.29, 0.717) is 5.75 Å². The fourth-order valence-corrected chi connectivity index (χ4v) is 1.76. The molecule has 0 aliphatic heterocycles. The number of hydrogen-bond acceptors (Lipinski definition) is 6. The van der Waals surface area contributed by atoms with Crippen LogP contribution < -0.4 is 34.3 Å². The zero-order chi connectivity index (χ0) is 13.6. The van der Waals surface area contributed by atoms with Crippen LogP contribution in [0.25, 0.3) is 0 Å². The third kappa shape index (κ3) is 6.93. The molecule has 6 nitrogen and oxygen atoms in total. The number of rotatable bonds is 6. The van der Waals surface area contributed by atoms with Gasteiger partial charge in [0.1, 0.15) is 11.3 Å². The first-order valence-corrected chi connectivity index (χ1v) is 6.75. The summed E-state index contributed by atoms with van der Waals surface area (Å²) in [7, 11) is -2.98. The average Bonchev–Trinajstić information content (AvgIpc) is 2.33. The van der Waals surface area contributed by atoms with Crippen LogP contribution in [0.5, 0.6) is 5.75 Å². The van der Waals surface area contributed by atoms with E-state index in [9.17, 15) is 17.8 Å². The SMILES string of the molecule is COC(=O)c1ccccc1OCCCS(=O)(=O)[O-].[Na+]. The number of ether oxygens (including phenoxy) is 2. The predicted octanol–water partition coefficient (Wildman–Crippen LogP) is -2.21. The molecular weight excluding hydrogens is 283 g/mol. The largest absolute Gasteiger partial charge is 1.00 e. The number of esters is 1. The Kier molecular flexibility index (Phi) is 8.28. The second-order valence-electron chi connectivity index (χ2n) is 3.45. The van der Waals surface area contributed by atoms with E-state index in [1.165, 1.54) is 13.2 Å². The van der Waals surface area contributed by atoms with Crippen molar-refractivity contribution in [2.45, 2.75) is 6.42 Å². The van der Waals surface area contributed by atoms with Crippen molar-refractivity contribution in [1.82, 2.24) is 0 Å². The second-order valence-corrected chi connectivity index (χ2v) is 4.98. The molecule has 0 fully saturated rings. The monoisotopic (exact) mass is 296 g/mol. The summed E-state index contributed by atoms with van der Waals surface area (Å²) in [4.78, 5) is 11.4. The van der Waals surface area contributed by atoms with Crippen LogP contribution in [0.15, 0.2) is 24.3 Å². The Morgan fingerprint density at radius 3 is 2.53 bits per heavy atom. The van der Waals surface area contributed by atoms with E-state index in [1.807, 2.05) is 0 Å². The summed E-state index contributed by atoms with van der Waals surface area (Å²) in [5.41, 5.74) is 0.255. The third-order valence-corrected chi connectivity index (χ3v) is 2.88. The molecular formula is C11H13NaO6S. The molecule has 0 heterocycles. The molecule has 0 saturated carbocycles. The maximum atomic E-state index is 11.4. The van der Waals surface area contributed by atoms with Crippen molar-refractivity contribution in [3.05, 3.63) is 29.8 Å². The van der Waals surface area contributed by atoms with E-state index < -0.39 is 21.8 Å². The number of carbonyl (C=O) groups excluding carboxylic acids is 1. The zero-order valence-corrected chi connectivity index (χ0v) is 13.6. The molecule has 0 bridgehead atoms. The molecule has 0 aliphatic rings. The van der Waals surface area contributed by atoms with Crippen LogP contribution >= 0.6 is 0 Å². The van der Waals surface area contributed by atoms with Crippen LogP contribution in [0.1, 0.15) is 16.8 Å². The van der Waals surface area contributed by atoms with Crippen molar-refractivity contribution in [2.24, 2.45) is 0 Å². The van der Waals surface area contributed by atoms with E-state index in [2.05, 4.69) is 4.74 Å². The van der Waals surface area contributed by atoms with Crippen LogP contribution in [0, 0.1) is 0 Å². The fourth-order valence-electron chi connectivity index (χ4n) is 1.29. The van der Waals surface area contributed by atoms with Crippen LogP contribution in [0.3, 0.4) is 0 Å². The molecule has 1 rings (SSSR count). The number of carbonyl (C=O) groups is 1. The van der Waals surface area contributed by atoms with Crippen LogP contribution in [-0.2, 0) is 14.9 Å². The van der Waals surface area contributed by atoms with Gasteiger partial charge in [0, 0.05) is 5.75 Å². The first-order valence-electron chi connectivity index (χ1n) is 5.18. The van der Waals surface area contributed by atoms with E-state index in [-0.39, 0.29) is 48.1 Å². The number of methoxy groups -OCH3 is 1. The molecule has 0 unspecified atom stereocenters. The number of para-hydroxylation sites is 1. The minimum atomic E-state index is -4.23. The Morgan fingerprint density at radius 1 is 1.32 bits per heavy atom. The molecule has 0 spiro atoms. The van der Waals surface area contributed by atoms with Crippen molar-refractivity contribution in [2.75, 3.05) is 19.5 Å². The van der Waals surface area contributed by atoms with E-state index in [1.54, 1.807) is 18.2 Å². The molecule has 0 atom stereocenters. The zero-order valence-electron chi connectivity index (χ0n) is 10.8. The maximum Gasteiger partial charge on any atom is 1.00 e. The van der Waals surface area contributed by atoms with E-state index in [0.717, 1.165) is 0 Å². The van der Waals surface area contributed by atoms with Crippen molar-refractivity contribution >= 4 is 16.1 Å². The van der Waals surface area contributed by atoms with Gasteiger partial charge < -0.3 is 14.0 Å². The van der Waals surface area contributed by atoms with Gasteiger partial charge in [-0.15, -0.1) is 0 Å². The topological polar surface area (TPSA) is 92.7 Å². The van der Waals surface area contributed by atoms with Crippen molar-refractivity contribution in [3.63, 3.8) is 0 Å². The Labute approximate surface area is 134 Å². The van der Waals surface area contributed by atoms with Gasteiger partial charge in [0.05, 0.1) is 23.8 Å². The summed E-state index contributed by atoms with van der Waals surface area (Å²) in [6.45, 7) is 0.0372. The van der Waals surface area contributed by atoms with Gasteiger partial charge in [-0.05, 0) is 18.6 Å². The third-order valence-electron chi connectivity index (χ3n) is 2.09.